The number of carbonyl (C=O) groups excluding carboxylic acids is 1. The first kappa shape index (κ1) is 21.8. The van der Waals surface area contributed by atoms with E-state index in [4.69, 9.17) is 11.6 Å². The van der Waals surface area contributed by atoms with E-state index in [1.54, 1.807) is 23.1 Å². The molecule has 0 aliphatic carbocycles. The average molecular weight is 446 g/mol. The van der Waals surface area contributed by atoms with E-state index in [-0.39, 0.29) is 16.9 Å². The highest BCUT2D eigenvalue weighted by Gasteiger charge is 2.37. The molecule has 0 unspecified atom stereocenters. The number of aromatic carboxylic acids is 1. The van der Waals surface area contributed by atoms with E-state index in [9.17, 15) is 14.7 Å². The van der Waals surface area contributed by atoms with Gasteiger partial charge in [0, 0.05) is 10.6 Å². The molecule has 0 radical (unpaired) electrons. The normalized spacial score (nSPS) is 15.0. The Labute approximate surface area is 192 Å². The lowest BCUT2D eigenvalue weighted by Gasteiger charge is -2.26. The summed E-state index contributed by atoms with van der Waals surface area (Å²) in [5, 5.41) is 9.98. The van der Waals surface area contributed by atoms with Crippen molar-refractivity contribution in [3.8, 4) is 0 Å². The van der Waals surface area contributed by atoms with E-state index in [2.05, 4.69) is 20.8 Å². The predicted molar refractivity (Wildman–Crippen MR) is 129 cm³/mol. The summed E-state index contributed by atoms with van der Waals surface area (Å²) < 4.78 is 0. The summed E-state index contributed by atoms with van der Waals surface area (Å²) in [6.07, 6.45) is 0. The average Bonchev–Trinajstić information content (AvgIpc) is 3.01. The van der Waals surface area contributed by atoms with Crippen LogP contribution in [0.25, 0.3) is 11.1 Å². The van der Waals surface area contributed by atoms with Gasteiger partial charge in [-0.2, -0.15) is 0 Å². The minimum absolute atomic E-state index is 0.0909. The Hall–Kier alpha value is -3.37. The minimum Gasteiger partial charge on any atom is -0.478 e. The van der Waals surface area contributed by atoms with Crippen molar-refractivity contribution in [1.82, 2.24) is 0 Å². The molecule has 0 bridgehead atoms. The molecule has 0 saturated heterocycles. The van der Waals surface area contributed by atoms with Crippen molar-refractivity contribution < 1.29 is 14.7 Å². The molecule has 32 heavy (non-hydrogen) atoms. The fraction of sp³-hybridized carbons (Fsp3) is 0.185. The number of benzene rings is 3. The van der Waals surface area contributed by atoms with Crippen LogP contribution in [-0.2, 0) is 11.3 Å². The maximum Gasteiger partial charge on any atom is 0.335 e. The fourth-order valence-electron chi connectivity index (χ4n) is 4.23. The third-order valence-electron chi connectivity index (χ3n) is 5.57. The molecule has 0 atom stereocenters. The molecule has 1 amide bonds. The second kappa shape index (κ2) is 8.29. The number of carboxylic acids is 1. The highest BCUT2D eigenvalue weighted by molar-refractivity contribution is 6.38. The van der Waals surface area contributed by atoms with Crippen molar-refractivity contribution in [3.63, 3.8) is 0 Å². The van der Waals surface area contributed by atoms with Gasteiger partial charge in [-0.05, 0) is 52.4 Å². The SMILES string of the molecule is CC(C)(C)/C(=C1\C(=O)N(Cc2cccc(C(=O)O)c2)c2ccccc21)c1ccc(Cl)cc1. The van der Waals surface area contributed by atoms with Gasteiger partial charge < -0.3 is 10.0 Å². The van der Waals surface area contributed by atoms with Crippen LogP contribution in [0, 0.1) is 5.41 Å². The minimum atomic E-state index is -0.988. The van der Waals surface area contributed by atoms with Crippen molar-refractivity contribution in [2.75, 3.05) is 4.90 Å². The first-order valence-corrected chi connectivity index (χ1v) is 10.8. The van der Waals surface area contributed by atoms with Gasteiger partial charge in [0.05, 0.1) is 23.4 Å². The summed E-state index contributed by atoms with van der Waals surface area (Å²) in [6.45, 7) is 6.58. The maximum atomic E-state index is 13.8. The Morgan fingerprint density at radius 3 is 2.28 bits per heavy atom. The molecule has 1 aliphatic rings. The van der Waals surface area contributed by atoms with Gasteiger partial charge >= 0.3 is 5.97 Å². The summed E-state index contributed by atoms with van der Waals surface area (Å²) in [4.78, 5) is 27.0. The number of carboxylic acid groups (broad SMARTS) is 1. The van der Waals surface area contributed by atoms with Gasteiger partial charge in [-0.3, -0.25) is 4.79 Å². The zero-order chi connectivity index (χ0) is 23.0. The van der Waals surface area contributed by atoms with Crippen LogP contribution >= 0.6 is 11.6 Å². The standard InChI is InChI=1S/C27H24ClNO3/c1-27(2,3)24(18-11-13-20(28)14-12-18)23-21-9-4-5-10-22(21)29(25(23)30)16-17-7-6-8-19(15-17)26(31)32/h4-15H,16H2,1-3H3,(H,31,32)/b24-23-. The van der Waals surface area contributed by atoms with Gasteiger partial charge in [0.1, 0.15) is 0 Å². The third-order valence-corrected chi connectivity index (χ3v) is 5.82. The van der Waals surface area contributed by atoms with Gasteiger partial charge in [-0.25, -0.2) is 4.79 Å². The molecule has 3 aromatic rings. The Balaban J connectivity index is 1.87. The molecule has 1 aliphatic heterocycles. The van der Waals surface area contributed by atoms with Crippen LogP contribution in [0.15, 0.2) is 72.8 Å². The third kappa shape index (κ3) is 4.06. The molecule has 0 spiro atoms. The Kier molecular flexibility index (Phi) is 5.66. The van der Waals surface area contributed by atoms with Crippen LogP contribution in [0.5, 0.6) is 0 Å². The number of halogens is 1. The predicted octanol–water partition coefficient (Wildman–Crippen LogP) is 6.54. The molecule has 4 rings (SSSR count). The molecule has 5 heteroatoms. The first-order chi connectivity index (χ1) is 15.2. The van der Waals surface area contributed by atoms with Crippen LogP contribution in [0.4, 0.5) is 5.69 Å². The summed E-state index contributed by atoms with van der Waals surface area (Å²) >= 11 is 6.12. The number of rotatable bonds is 4. The lowest BCUT2D eigenvalue weighted by atomic mass is 9.78. The van der Waals surface area contributed by atoms with Gasteiger partial charge in [0.25, 0.3) is 5.91 Å². The number of hydrogen-bond donors (Lipinski definition) is 1. The Morgan fingerprint density at radius 2 is 1.62 bits per heavy atom. The zero-order valence-electron chi connectivity index (χ0n) is 18.2. The maximum absolute atomic E-state index is 13.8. The highest BCUT2D eigenvalue weighted by atomic mass is 35.5. The summed E-state index contributed by atoms with van der Waals surface area (Å²) in [6, 6.07) is 22.0. The van der Waals surface area contributed by atoms with E-state index in [0.29, 0.717) is 17.1 Å². The number of nitrogens with zero attached hydrogens (tertiary/aromatic N) is 1. The fourth-order valence-corrected chi connectivity index (χ4v) is 4.36. The van der Waals surface area contributed by atoms with Gasteiger partial charge in [0.2, 0.25) is 0 Å². The molecule has 162 valence electrons. The van der Waals surface area contributed by atoms with Crippen LogP contribution in [0.1, 0.15) is 47.8 Å². The Bertz CT molecular complexity index is 1240. The number of allylic oxidation sites excluding steroid dienone is 1. The molecule has 0 fully saturated rings. The molecule has 4 nitrogen and oxygen atoms in total. The number of amides is 1. The van der Waals surface area contributed by atoms with E-state index >= 15 is 0 Å². The quantitative estimate of drug-likeness (QED) is 0.463. The molecular weight excluding hydrogens is 422 g/mol. The number of hydrogen-bond acceptors (Lipinski definition) is 2. The van der Waals surface area contributed by atoms with Crippen LogP contribution in [0.3, 0.4) is 0 Å². The summed E-state index contributed by atoms with van der Waals surface area (Å²) in [5.74, 6) is -1.08. The molecule has 0 saturated carbocycles. The van der Waals surface area contributed by atoms with Gasteiger partial charge in [0.15, 0.2) is 0 Å². The summed E-state index contributed by atoms with van der Waals surface area (Å²) in [5.41, 5.74) is 4.95. The highest BCUT2D eigenvalue weighted by Crippen LogP contribution is 2.47. The van der Waals surface area contributed by atoms with E-state index in [1.165, 1.54) is 0 Å². The number of para-hydroxylation sites is 1. The molecular formula is C27H24ClNO3. The smallest absolute Gasteiger partial charge is 0.335 e. The molecule has 1 heterocycles. The zero-order valence-corrected chi connectivity index (χ0v) is 19.0. The number of fused-ring (bicyclic) bond motifs is 1. The van der Waals surface area contributed by atoms with Crippen LogP contribution < -0.4 is 4.90 Å². The second-order valence-electron chi connectivity index (χ2n) is 8.92. The Morgan fingerprint density at radius 1 is 0.938 bits per heavy atom. The first-order valence-electron chi connectivity index (χ1n) is 10.4. The second-order valence-corrected chi connectivity index (χ2v) is 9.36. The number of anilines is 1. The van der Waals surface area contributed by atoms with Crippen LogP contribution in [0.2, 0.25) is 5.02 Å². The van der Waals surface area contributed by atoms with Crippen molar-refractivity contribution in [2.24, 2.45) is 5.41 Å². The monoisotopic (exact) mass is 445 g/mol. The van der Waals surface area contributed by atoms with Crippen molar-refractivity contribution >= 4 is 40.3 Å². The van der Waals surface area contributed by atoms with Gasteiger partial charge in [-0.15, -0.1) is 0 Å². The number of carbonyl (C=O) groups is 2. The summed E-state index contributed by atoms with van der Waals surface area (Å²) in [7, 11) is 0. The lowest BCUT2D eigenvalue weighted by Crippen LogP contribution is -2.27. The van der Waals surface area contributed by atoms with Crippen molar-refractivity contribution in [3.05, 3.63) is 100 Å². The van der Waals surface area contributed by atoms with Crippen LogP contribution in [-0.4, -0.2) is 17.0 Å². The molecule has 0 aromatic heterocycles. The van der Waals surface area contributed by atoms with E-state index in [1.807, 2.05) is 54.6 Å². The van der Waals surface area contributed by atoms with Crippen molar-refractivity contribution in [2.45, 2.75) is 27.3 Å². The lowest BCUT2D eigenvalue weighted by molar-refractivity contribution is -0.113. The van der Waals surface area contributed by atoms with E-state index in [0.717, 1.165) is 28.0 Å². The topological polar surface area (TPSA) is 57.6 Å². The molecule has 3 aromatic carbocycles. The van der Waals surface area contributed by atoms with Crippen molar-refractivity contribution in [1.29, 1.82) is 0 Å². The van der Waals surface area contributed by atoms with E-state index < -0.39 is 5.97 Å². The largest absolute Gasteiger partial charge is 0.478 e. The van der Waals surface area contributed by atoms with Gasteiger partial charge in [-0.1, -0.05) is 74.8 Å². The molecule has 1 N–H and O–H groups in total.